The van der Waals surface area contributed by atoms with Gasteiger partial charge in [-0.25, -0.2) is 0 Å². The first-order valence-electron chi connectivity index (χ1n) is 6.32. The van der Waals surface area contributed by atoms with Gasteiger partial charge < -0.3 is 5.32 Å². The maximum absolute atomic E-state index is 12.0. The van der Waals surface area contributed by atoms with Gasteiger partial charge in [0.15, 0.2) is 0 Å². The molecule has 21 heavy (non-hydrogen) atoms. The predicted octanol–water partition coefficient (Wildman–Crippen LogP) is 1.25. The lowest BCUT2D eigenvalue weighted by Gasteiger charge is -2.15. The number of hydrogen-bond donors (Lipinski definition) is 1. The minimum atomic E-state index is -0.683. The number of benzene rings is 1. The number of carbonyl (C=O) groups is 3. The second-order valence-electron chi connectivity index (χ2n) is 4.53. The molecule has 1 aromatic carbocycles. The Bertz CT molecular complexity index is 728. The Kier molecular flexibility index (Phi) is 3.19. The van der Waals surface area contributed by atoms with Crippen molar-refractivity contribution in [1.82, 2.24) is 4.98 Å². The second-order valence-corrected chi connectivity index (χ2v) is 4.53. The summed E-state index contributed by atoms with van der Waals surface area (Å²) in [6.07, 6.45) is 3.09. The zero-order chi connectivity index (χ0) is 14.8. The summed E-state index contributed by atoms with van der Waals surface area (Å²) in [5.41, 5.74) is 1.33. The van der Waals surface area contributed by atoms with Crippen LogP contribution in [0.2, 0.25) is 0 Å². The third-order valence-electron chi connectivity index (χ3n) is 3.13. The molecule has 0 saturated heterocycles. The van der Waals surface area contributed by atoms with Gasteiger partial charge in [0.1, 0.15) is 6.54 Å². The molecular formula is C15H11N3O3. The maximum Gasteiger partial charge on any atom is 0.299 e. The molecule has 0 aliphatic carbocycles. The Balaban J connectivity index is 1.78. The van der Waals surface area contributed by atoms with Gasteiger partial charge >= 0.3 is 0 Å². The summed E-state index contributed by atoms with van der Waals surface area (Å²) in [5.74, 6) is -1.65. The van der Waals surface area contributed by atoms with Crippen molar-refractivity contribution in [3.8, 4) is 0 Å². The lowest BCUT2D eigenvalue weighted by atomic mass is 10.1. The third kappa shape index (κ3) is 2.38. The molecule has 0 fully saturated rings. The first kappa shape index (κ1) is 13.0. The fourth-order valence-corrected chi connectivity index (χ4v) is 2.19. The Hall–Kier alpha value is -3.02. The number of carbonyl (C=O) groups excluding carboxylic acids is 3. The predicted molar refractivity (Wildman–Crippen MR) is 76.0 cm³/mol. The fraction of sp³-hybridized carbons (Fsp3) is 0.0667. The molecule has 0 spiro atoms. The molecule has 1 aliphatic rings. The highest BCUT2D eigenvalue weighted by atomic mass is 16.2. The number of rotatable bonds is 3. The molecule has 6 heteroatoms. The molecule has 104 valence electrons. The largest absolute Gasteiger partial charge is 0.323 e. The average Bonchev–Trinajstić information content (AvgIpc) is 2.74. The molecule has 3 rings (SSSR count). The highest BCUT2D eigenvalue weighted by Crippen LogP contribution is 2.28. The Labute approximate surface area is 120 Å². The first-order valence-corrected chi connectivity index (χ1v) is 6.32. The summed E-state index contributed by atoms with van der Waals surface area (Å²) >= 11 is 0. The van der Waals surface area contributed by atoms with Crippen molar-refractivity contribution in [3.63, 3.8) is 0 Å². The SMILES string of the molecule is O=C(CN1C(=O)C(=O)c2ccccc21)Nc1cccnc1. The van der Waals surface area contributed by atoms with Crippen molar-refractivity contribution in [2.45, 2.75) is 0 Å². The van der Waals surface area contributed by atoms with Crippen LogP contribution in [0.4, 0.5) is 11.4 Å². The van der Waals surface area contributed by atoms with Crippen molar-refractivity contribution >= 4 is 29.0 Å². The number of amides is 2. The fourth-order valence-electron chi connectivity index (χ4n) is 2.19. The van der Waals surface area contributed by atoms with Gasteiger partial charge in [0.05, 0.1) is 23.1 Å². The lowest BCUT2D eigenvalue weighted by Crippen LogP contribution is -2.37. The van der Waals surface area contributed by atoms with Crippen molar-refractivity contribution in [2.24, 2.45) is 0 Å². The van der Waals surface area contributed by atoms with Gasteiger partial charge in [-0.2, -0.15) is 0 Å². The van der Waals surface area contributed by atoms with Crippen molar-refractivity contribution in [3.05, 3.63) is 54.4 Å². The van der Waals surface area contributed by atoms with E-state index in [2.05, 4.69) is 10.3 Å². The van der Waals surface area contributed by atoms with E-state index >= 15 is 0 Å². The molecule has 0 atom stereocenters. The molecule has 0 bridgehead atoms. The smallest absolute Gasteiger partial charge is 0.299 e. The molecule has 6 nitrogen and oxygen atoms in total. The van der Waals surface area contributed by atoms with Crippen LogP contribution in [-0.2, 0) is 9.59 Å². The molecule has 0 radical (unpaired) electrons. The number of ketones is 1. The van der Waals surface area contributed by atoms with Crippen LogP contribution >= 0.6 is 0 Å². The molecule has 1 N–H and O–H groups in total. The summed E-state index contributed by atoms with van der Waals surface area (Å²) in [7, 11) is 0. The van der Waals surface area contributed by atoms with Crippen LogP contribution in [0.5, 0.6) is 0 Å². The third-order valence-corrected chi connectivity index (χ3v) is 3.13. The quantitative estimate of drug-likeness (QED) is 0.859. The van der Waals surface area contributed by atoms with Gasteiger partial charge in [0.25, 0.3) is 11.7 Å². The number of anilines is 2. The van der Waals surface area contributed by atoms with E-state index in [1.807, 2.05) is 0 Å². The van der Waals surface area contributed by atoms with Gasteiger partial charge in [-0.1, -0.05) is 12.1 Å². The molecule has 0 unspecified atom stereocenters. The summed E-state index contributed by atoms with van der Waals surface area (Å²) in [6, 6.07) is 10.0. The summed E-state index contributed by atoms with van der Waals surface area (Å²) in [4.78, 5) is 40.8. The molecule has 1 aromatic heterocycles. The minimum Gasteiger partial charge on any atom is -0.323 e. The average molecular weight is 281 g/mol. The highest BCUT2D eigenvalue weighted by molar-refractivity contribution is 6.52. The highest BCUT2D eigenvalue weighted by Gasteiger charge is 2.36. The van der Waals surface area contributed by atoms with Crippen molar-refractivity contribution in [2.75, 3.05) is 16.8 Å². The summed E-state index contributed by atoms with van der Waals surface area (Å²) in [5, 5.41) is 2.63. The number of Topliss-reactive ketones (excluding diaryl/α,β-unsaturated/α-hetero) is 1. The molecule has 2 heterocycles. The van der Waals surface area contributed by atoms with E-state index in [0.717, 1.165) is 0 Å². The normalized spacial score (nSPS) is 13.2. The second kappa shape index (κ2) is 5.16. The number of pyridine rings is 1. The standard InChI is InChI=1S/C15H11N3O3/c19-13(17-10-4-3-7-16-8-10)9-18-12-6-2-1-5-11(12)14(20)15(18)21/h1-8H,9H2,(H,17,19). The summed E-state index contributed by atoms with van der Waals surface area (Å²) < 4.78 is 0. The lowest BCUT2D eigenvalue weighted by molar-refractivity contribution is -0.118. The van der Waals surface area contributed by atoms with E-state index < -0.39 is 11.7 Å². The number of hydrogen-bond acceptors (Lipinski definition) is 4. The number of aromatic nitrogens is 1. The summed E-state index contributed by atoms with van der Waals surface area (Å²) in [6.45, 7) is -0.212. The molecule has 1 aliphatic heterocycles. The van der Waals surface area contributed by atoms with Crippen LogP contribution in [0.1, 0.15) is 10.4 Å². The van der Waals surface area contributed by atoms with Crippen LogP contribution in [-0.4, -0.2) is 29.1 Å². The Morgan fingerprint density at radius 2 is 1.95 bits per heavy atom. The molecule has 0 saturated carbocycles. The van der Waals surface area contributed by atoms with Crippen molar-refractivity contribution in [1.29, 1.82) is 0 Å². The van der Waals surface area contributed by atoms with Crippen LogP contribution in [0.3, 0.4) is 0 Å². The Morgan fingerprint density at radius 3 is 2.71 bits per heavy atom. The number of nitrogens with zero attached hydrogens (tertiary/aromatic N) is 2. The molecular weight excluding hydrogens is 270 g/mol. The number of fused-ring (bicyclic) bond motifs is 1. The van der Waals surface area contributed by atoms with E-state index in [4.69, 9.17) is 0 Å². The van der Waals surface area contributed by atoms with Crippen LogP contribution < -0.4 is 10.2 Å². The van der Waals surface area contributed by atoms with Crippen LogP contribution in [0.25, 0.3) is 0 Å². The van der Waals surface area contributed by atoms with Gasteiger partial charge in [-0.3, -0.25) is 24.3 Å². The Morgan fingerprint density at radius 1 is 1.14 bits per heavy atom. The maximum atomic E-state index is 12.0. The van der Waals surface area contributed by atoms with E-state index in [-0.39, 0.29) is 12.5 Å². The minimum absolute atomic E-state index is 0.212. The topological polar surface area (TPSA) is 79.4 Å². The van der Waals surface area contributed by atoms with E-state index in [1.54, 1.807) is 42.6 Å². The van der Waals surface area contributed by atoms with Crippen LogP contribution in [0.15, 0.2) is 48.8 Å². The monoisotopic (exact) mass is 281 g/mol. The van der Waals surface area contributed by atoms with Crippen molar-refractivity contribution < 1.29 is 14.4 Å². The van der Waals surface area contributed by atoms with E-state index in [0.29, 0.717) is 16.9 Å². The zero-order valence-electron chi connectivity index (χ0n) is 10.9. The van der Waals surface area contributed by atoms with E-state index in [9.17, 15) is 14.4 Å². The van der Waals surface area contributed by atoms with Gasteiger partial charge in [0, 0.05) is 6.20 Å². The first-order chi connectivity index (χ1) is 10.2. The molecule has 2 amide bonds. The zero-order valence-corrected chi connectivity index (χ0v) is 10.9. The van der Waals surface area contributed by atoms with Gasteiger partial charge in [-0.15, -0.1) is 0 Å². The van der Waals surface area contributed by atoms with Gasteiger partial charge in [0.2, 0.25) is 5.91 Å². The van der Waals surface area contributed by atoms with Crippen LogP contribution in [0, 0.1) is 0 Å². The van der Waals surface area contributed by atoms with E-state index in [1.165, 1.54) is 11.1 Å². The number of nitrogens with one attached hydrogen (secondary N) is 1. The molecule has 2 aromatic rings. The number of para-hydroxylation sites is 1. The van der Waals surface area contributed by atoms with Gasteiger partial charge in [-0.05, 0) is 24.3 Å².